The van der Waals surface area contributed by atoms with Gasteiger partial charge in [-0.15, -0.1) is 0 Å². The molecule has 0 aromatic rings. The van der Waals surface area contributed by atoms with Crippen LogP contribution in [0.3, 0.4) is 0 Å². The summed E-state index contributed by atoms with van der Waals surface area (Å²) in [5, 5.41) is -0.500. The summed E-state index contributed by atoms with van der Waals surface area (Å²) in [6.45, 7) is 3.66. The molecular formula is C6H12O3S. The van der Waals surface area contributed by atoms with E-state index >= 15 is 0 Å². The van der Waals surface area contributed by atoms with Crippen molar-refractivity contribution in [3.63, 3.8) is 0 Å². The highest BCUT2D eigenvalue weighted by Crippen LogP contribution is 1.95. The minimum absolute atomic E-state index is 0.348. The van der Waals surface area contributed by atoms with E-state index in [4.69, 9.17) is 0 Å². The highest BCUT2D eigenvalue weighted by molar-refractivity contribution is 7.85. The molecule has 10 heavy (non-hydrogen) atoms. The standard InChI is InChI=1S/C6H12O3S/c1-4-9-6(7)5(2)10(3)8/h5H,4H2,1-3H3. The predicted octanol–water partition coefficient (Wildman–Crippen LogP) is 0.317. The molecule has 0 amide bonds. The van der Waals surface area contributed by atoms with Gasteiger partial charge in [0.15, 0.2) is 0 Å². The fraction of sp³-hybridized carbons (Fsp3) is 0.833. The van der Waals surface area contributed by atoms with Gasteiger partial charge >= 0.3 is 5.97 Å². The van der Waals surface area contributed by atoms with Gasteiger partial charge in [0.1, 0.15) is 5.25 Å². The Hall–Kier alpha value is -0.380. The van der Waals surface area contributed by atoms with Gasteiger partial charge in [-0.1, -0.05) is 0 Å². The van der Waals surface area contributed by atoms with E-state index in [1.807, 2.05) is 0 Å². The first kappa shape index (κ1) is 9.62. The summed E-state index contributed by atoms with van der Waals surface area (Å²) in [5.74, 6) is -0.386. The molecule has 0 aromatic carbocycles. The molecule has 0 N–H and O–H groups in total. The minimum atomic E-state index is -1.12. The van der Waals surface area contributed by atoms with Crippen LogP contribution in [0.1, 0.15) is 13.8 Å². The van der Waals surface area contributed by atoms with E-state index in [1.165, 1.54) is 6.26 Å². The molecule has 2 atom stereocenters. The zero-order valence-electron chi connectivity index (χ0n) is 6.42. The van der Waals surface area contributed by atoms with Crippen LogP contribution in [0.4, 0.5) is 0 Å². The van der Waals surface area contributed by atoms with Crippen LogP contribution < -0.4 is 0 Å². The Balaban J connectivity index is 3.82. The van der Waals surface area contributed by atoms with Crippen molar-refractivity contribution >= 4 is 16.8 Å². The molecule has 0 aliphatic carbocycles. The van der Waals surface area contributed by atoms with Gasteiger partial charge < -0.3 is 4.74 Å². The molecule has 0 bridgehead atoms. The second kappa shape index (κ2) is 4.44. The molecule has 0 fully saturated rings. The maximum atomic E-state index is 10.8. The van der Waals surface area contributed by atoms with E-state index in [1.54, 1.807) is 13.8 Å². The van der Waals surface area contributed by atoms with Crippen molar-refractivity contribution in [3.8, 4) is 0 Å². The smallest absolute Gasteiger partial charge is 0.321 e. The molecule has 60 valence electrons. The lowest BCUT2D eigenvalue weighted by atomic mass is 10.5. The Bertz CT molecular complexity index is 144. The van der Waals surface area contributed by atoms with Crippen molar-refractivity contribution in [2.24, 2.45) is 0 Å². The van der Waals surface area contributed by atoms with Crippen LogP contribution in [0.15, 0.2) is 0 Å². The summed E-state index contributed by atoms with van der Waals surface area (Å²) >= 11 is 0. The molecule has 0 aliphatic heterocycles. The SMILES string of the molecule is CCOC(=O)C(C)S(C)=O. The van der Waals surface area contributed by atoms with Gasteiger partial charge in [-0.05, 0) is 13.8 Å². The van der Waals surface area contributed by atoms with Crippen molar-refractivity contribution in [2.75, 3.05) is 12.9 Å². The predicted molar refractivity (Wildman–Crippen MR) is 40.2 cm³/mol. The maximum absolute atomic E-state index is 10.8. The molecule has 0 heterocycles. The van der Waals surface area contributed by atoms with E-state index < -0.39 is 16.0 Å². The van der Waals surface area contributed by atoms with Crippen LogP contribution in [0.5, 0.6) is 0 Å². The fourth-order valence-corrected chi connectivity index (χ4v) is 0.734. The lowest BCUT2D eigenvalue weighted by Gasteiger charge is -2.05. The number of rotatable bonds is 3. The normalized spacial score (nSPS) is 15.9. The van der Waals surface area contributed by atoms with E-state index in [0.717, 1.165) is 0 Å². The van der Waals surface area contributed by atoms with Gasteiger partial charge in [0, 0.05) is 17.1 Å². The zero-order valence-corrected chi connectivity index (χ0v) is 7.23. The first-order valence-corrected chi connectivity index (χ1v) is 4.70. The van der Waals surface area contributed by atoms with Crippen LogP contribution in [0, 0.1) is 0 Å². The molecule has 3 nitrogen and oxygen atoms in total. The molecule has 0 spiro atoms. The minimum Gasteiger partial charge on any atom is -0.465 e. The lowest BCUT2D eigenvalue weighted by Crippen LogP contribution is -2.23. The quantitative estimate of drug-likeness (QED) is 0.564. The first-order valence-electron chi connectivity index (χ1n) is 3.08. The average Bonchev–Trinajstić information content (AvgIpc) is 1.87. The lowest BCUT2D eigenvalue weighted by molar-refractivity contribution is -0.142. The molecule has 2 unspecified atom stereocenters. The molecule has 0 rings (SSSR count). The number of carbonyl (C=O) groups excluding carboxylic acids is 1. The van der Waals surface area contributed by atoms with Crippen molar-refractivity contribution < 1.29 is 13.7 Å². The Morgan fingerprint density at radius 3 is 2.50 bits per heavy atom. The Morgan fingerprint density at radius 2 is 2.20 bits per heavy atom. The maximum Gasteiger partial charge on any atom is 0.321 e. The topological polar surface area (TPSA) is 43.4 Å². The Labute approximate surface area is 63.2 Å². The van der Waals surface area contributed by atoms with Crippen molar-refractivity contribution in [1.29, 1.82) is 0 Å². The Kier molecular flexibility index (Phi) is 4.27. The molecule has 0 saturated heterocycles. The third-order valence-electron chi connectivity index (χ3n) is 1.12. The first-order chi connectivity index (χ1) is 4.59. The highest BCUT2D eigenvalue weighted by Gasteiger charge is 2.16. The largest absolute Gasteiger partial charge is 0.465 e. The second-order valence-corrected chi connectivity index (χ2v) is 3.60. The number of ether oxygens (including phenoxy) is 1. The van der Waals surface area contributed by atoms with Crippen molar-refractivity contribution in [1.82, 2.24) is 0 Å². The highest BCUT2D eigenvalue weighted by atomic mass is 32.2. The number of carbonyl (C=O) groups is 1. The number of hydrogen-bond acceptors (Lipinski definition) is 3. The Morgan fingerprint density at radius 1 is 1.70 bits per heavy atom. The summed E-state index contributed by atoms with van der Waals surface area (Å²) in [6, 6.07) is 0. The van der Waals surface area contributed by atoms with Crippen LogP contribution in [-0.2, 0) is 20.3 Å². The third-order valence-corrected chi connectivity index (χ3v) is 2.30. The summed E-state index contributed by atoms with van der Waals surface area (Å²) < 4.78 is 15.3. The average molecular weight is 164 g/mol. The van der Waals surface area contributed by atoms with Gasteiger partial charge in [0.25, 0.3) is 0 Å². The van der Waals surface area contributed by atoms with E-state index in [-0.39, 0.29) is 5.97 Å². The van der Waals surface area contributed by atoms with E-state index in [9.17, 15) is 9.00 Å². The van der Waals surface area contributed by atoms with E-state index in [0.29, 0.717) is 6.61 Å². The van der Waals surface area contributed by atoms with Gasteiger partial charge in [-0.25, -0.2) is 0 Å². The summed E-state index contributed by atoms with van der Waals surface area (Å²) in [4.78, 5) is 10.8. The zero-order chi connectivity index (χ0) is 8.15. The van der Waals surface area contributed by atoms with Gasteiger partial charge in [0.05, 0.1) is 6.61 Å². The van der Waals surface area contributed by atoms with Gasteiger partial charge in [-0.3, -0.25) is 9.00 Å². The third kappa shape index (κ3) is 2.96. The van der Waals surface area contributed by atoms with Crippen LogP contribution in [-0.4, -0.2) is 28.3 Å². The number of hydrogen-bond donors (Lipinski definition) is 0. The molecule has 4 heteroatoms. The summed E-state index contributed by atoms with van der Waals surface area (Å²) in [5.41, 5.74) is 0. The molecule has 0 radical (unpaired) electrons. The van der Waals surface area contributed by atoms with Crippen LogP contribution >= 0.6 is 0 Å². The second-order valence-electron chi connectivity index (χ2n) is 1.89. The molecule has 0 aliphatic rings. The fourth-order valence-electron chi connectivity index (χ4n) is 0.395. The van der Waals surface area contributed by atoms with Gasteiger partial charge in [0.2, 0.25) is 0 Å². The molecular weight excluding hydrogens is 152 g/mol. The van der Waals surface area contributed by atoms with E-state index in [2.05, 4.69) is 4.74 Å². The summed E-state index contributed by atoms with van der Waals surface area (Å²) in [7, 11) is -1.12. The number of esters is 1. The van der Waals surface area contributed by atoms with Crippen LogP contribution in [0.2, 0.25) is 0 Å². The summed E-state index contributed by atoms with van der Waals surface area (Å²) in [6.07, 6.45) is 1.49. The van der Waals surface area contributed by atoms with Crippen molar-refractivity contribution in [2.45, 2.75) is 19.1 Å². The monoisotopic (exact) mass is 164 g/mol. The van der Waals surface area contributed by atoms with Crippen LogP contribution in [0.25, 0.3) is 0 Å². The molecule has 0 saturated carbocycles. The molecule has 0 aromatic heterocycles. The van der Waals surface area contributed by atoms with Gasteiger partial charge in [-0.2, -0.15) is 0 Å². The van der Waals surface area contributed by atoms with Crippen molar-refractivity contribution in [3.05, 3.63) is 0 Å².